The maximum absolute atomic E-state index is 11.3. The molecule has 0 aliphatic rings. The number of carbonyl (C=O) groups is 2. The van der Waals surface area contributed by atoms with Gasteiger partial charge in [-0.15, -0.1) is 0 Å². The molecule has 0 aromatic heterocycles. The van der Waals surface area contributed by atoms with Gasteiger partial charge in [0, 0.05) is 12.2 Å². The fourth-order valence-corrected chi connectivity index (χ4v) is 1.30. The summed E-state index contributed by atoms with van der Waals surface area (Å²) in [6.45, 7) is 6.37. The first-order valence-electron chi connectivity index (χ1n) is 6.70. The van der Waals surface area contributed by atoms with Crippen LogP contribution in [0.4, 0.5) is 5.69 Å². The number of hydrogen-bond acceptors (Lipinski definition) is 6. The first-order valence-corrected chi connectivity index (χ1v) is 6.70. The van der Waals surface area contributed by atoms with Crippen LogP contribution in [0, 0.1) is 6.92 Å². The molecule has 1 atom stereocenters. The van der Waals surface area contributed by atoms with Crippen LogP contribution >= 0.6 is 0 Å². The molecule has 0 fully saturated rings. The number of esters is 1. The third-order valence-corrected chi connectivity index (χ3v) is 2.51. The molecule has 0 bridgehead atoms. The van der Waals surface area contributed by atoms with Gasteiger partial charge in [-0.25, -0.2) is 9.59 Å². The molecule has 7 N–H and O–H groups in total. The molecule has 0 spiro atoms. The van der Waals surface area contributed by atoms with Crippen LogP contribution in [0.2, 0.25) is 0 Å². The molecule has 0 amide bonds. The van der Waals surface area contributed by atoms with Crippen molar-refractivity contribution < 1.29 is 19.4 Å². The van der Waals surface area contributed by atoms with Gasteiger partial charge in [-0.2, -0.15) is 0 Å². The fraction of sp³-hybridized carbons (Fsp3) is 0.467. The fourth-order valence-electron chi connectivity index (χ4n) is 1.30. The van der Waals surface area contributed by atoms with E-state index >= 15 is 0 Å². The minimum absolute atomic E-state index is 0.503. The van der Waals surface area contributed by atoms with Gasteiger partial charge in [-0.1, -0.05) is 12.1 Å². The molecule has 7 heteroatoms. The second-order valence-electron chi connectivity index (χ2n) is 5.90. The van der Waals surface area contributed by atoms with Gasteiger partial charge in [-0.3, -0.25) is 0 Å². The number of benzene rings is 1. The zero-order chi connectivity index (χ0) is 17.6. The topological polar surface area (TPSA) is 142 Å². The van der Waals surface area contributed by atoms with Crippen molar-refractivity contribution in [1.82, 2.24) is 0 Å². The highest BCUT2D eigenvalue weighted by Crippen LogP contribution is 2.12. The summed E-state index contributed by atoms with van der Waals surface area (Å²) in [5.74, 6) is -2.52. The second kappa shape index (κ2) is 7.77. The molecule has 0 radical (unpaired) electrons. The van der Waals surface area contributed by atoms with Crippen molar-refractivity contribution in [2.24, 2.45) is 11.5 Å². The highest BCUT2D eigenvalue weighted by Gasteiger charge is 2.44. The lowest BCUT2D eigenvalue weighted by Gasteiger charge is -2.26. The Bertz CT molecular complexity index is 509. The number of rotatable bonds is 3. The number of ether oxygens (including phenoxy) is 1. The third kappa shape index (κ3) is 6.55. The maximum atomic E-state index is 11.3. The molecule has 1 aromatic carbocycles. The van der Waals surface area contributed by atoms with Crippen molar-refractivity contribution in [1.29, 1.82) is 0 Å². The molecule has 0 heterocycles. The van der Waals surface area contributed by atoms with E-state index in [9.17, 15) is 9.59 Å². The van der Waals surface area contributed by atoms with Crippen molar-refractivity contribution in [3.05, 3.63) is 29.8 Å². The van der Waals surface area contributed by atoms with E-state index in [1.807, 2.05) is 31.2 Å². The zero-order valence-electron chi connectivity index (χ0n) is 13.4. The third-order valence-electron chi connectivity index (χ3n) is 2.51. The summed E-state index contributed by atoms with van der Waals surface area (Å²) >= 11 is 0. The van der Waals surface area contributed by atoms with Gasteiger partial charge in [0.1, 0.15) is 5.60 Å². The molecule has 124 valence electrons. The average Bonchev–Trinajstić information content (AvgIpc) is 2.35. The Kier molecular flexibility index (Phi) is 7.02. The average molecular weight is 311 g/mol. The Balaban J connectivity index is 0.000000461. The molecular weight excluding hydrogens is 286 g/mol. The smallest absolute Gasteiger partial charge is 0.339 e. The first-order chi connectivity index (χ1) is 9.92. The van der Waals surface area contributed by atoms with Crippen LogP contribution in [0.15, 0.2) is 24.3 Å². The van der Waals surface area contributed by atoms with Crippen molar-refractivity contribution in [2.45, 2.75) is 38.8 Å². The van der Waals surface area contributed by atoms with E-state index in [0.717, 1.165) is 5.69 Å². The number of nitrogen functional groups attached to an aromatic ring is 1. The molecule has 1 aromatic rings. The van der Waals surface area contributed by atoms with E-state index in [1.165, 1.54) is 5.56 Å². The van der Waals surface area contributed by atoms with E-state index in [4.69, 9.17) is 27.0 Å². The van der Waals surface area contributed by atoms with Gasteiger partial charge in [0.15, 0.2) is 0 Å². The molecule has 1 unspecified atom stereocenters. The molecule has 1 rings (SSSR count). The number of anilines is 1. The molecule has 7 nitrogen and oxygen atoms in total. The van der Waals surface area contributed by atoms with Gasteiger partial charge in [0.2, 0.25) is 5.54 Å². The zero-order valence-corrected chi connectivity index (χ0v) is 13.4. The SMILES string of the molecule is CC(C)(C)OC(=O)C(N)(CN)C(=O)O.Cc1cccc(N)c1. The van der Waals surface area contributed by atoms with Crippen molar-refractivity contribution >= 4 is 17.6 Å². The van der Waals surface area contributed by atoms with Crippen LogP contribution in [0.25, 0.3) is 0 Å². The highest BCUT2D eigenvalue weighted by molar-refractivity contribution is 6.04. The normalized spacial score (nSPS) is 13.4. The lowest BCUT2D eigenvalue weighted by molar-refractivity contribution is -0.168. The molecule has 22 heavy (non-hydrogen) atoms. The van der Waals surface area contributed by atoms with E-state index in [2.05, 4.69) is 0 Å². The van der Waals surface area contributed by atoms with Crippen molar-refractivity contribution in [3.63, 3.8) is 0 Å². The number of carboxylic acids is 1. The van der Waals surface area contributed by atoms with E-state index in [1.54, 1.807) is 20.8 Å². The lowest BCUT2D eigenvalue weighted by Crippen LogP contribution is -2.61. The first kappa shape index (κ1) is 19.9. The molecular formula is C15H25N3O4. The number of carbonyl (C=O) groups excluding carboxylic acids is 1. The summed E-state index contributed by atoms with van der Waals surface area (Å²) in [7, 11) is 0. The summed E-state index contributed by atoms with van der Waals surface area (Å²) in [4.78, 5) is 22.0. The van der Waals surface area contributed by atoms with Gasteiger partial charge in [0.05, 0.1) is 0 Å². The van der Waals surface area contributed by atoms with Crippen LogP contribution in [0.5, 0.6) is 0 Å². The Morgan fingerprint density at radius 2 is 1.82 bits per heavy atom. The van der Waals surface area contributed by atoms with Crippen LogP contribution in [0.1, 0.15) is 26.3 Å². The van der Waals surface area contributed by atoms with Gasteiger partial charge in [0.25, 0.3) is 0 Å². The van der Waals surface area contributed by atoms with Gasteiger partial charge < -0.3 is 27.0 Å². The summed E-state index contributed by atoms with van der Waals surface area (Å²) in [5, 5.41) is 8.69. The molecule has 0 saturated carbocycles. The quantitative estimate of drug-likeness (QED) is 0.364. The number of aryl methyl sites for hydroxylation is 1. The Labute approximate surface area is 130 Å². The predicted octanol–water partition coefficient (Wildman–Crippen LogP) is 0.646. The van der Waals surface area contributed by atoms with E-state index in [0.29, 0.717) is 0 Å². The van der Waals surface area contributed by atoms with Crippen LogP contribution in [-0.2, 0) is 14.3 Å². The standard InChI is InChI=1S/C8H16N2O4.C7H9N/c1-7(2,3)14-6(13)8(10,4-9)5(11)12;1-6-3-2-4-7(8)5-6/h4,9-10H2,1-3H3,(H,11,12);2-5H,8H2,1H3. The predicted molar refractivity (Wildman–Crippen MR) is 85.0 cm³/mol. The van der Waals surface area contributed by atoms with E-state index < -0.39 is 29.6 Å². The lowest BCUT2D eigenvalue weighted by atomic mass is 10.0. The number of carboxylic acid groups (broad SMARTS) is 1. The summed E-state index contributed by atoms with van der Waals surface area (Å²) in [5.41, 5.74) is 15.0. The van der Waals surface area contributed by atoms with Gasteiger partial charge in [-0.05, 0) is 45.4 Å². The second-order valence-corrected chi connectivity index (χ2v) is 5.90. The Hall–Kier alpha value is -2.12. The van der Waals surface area contributed by atoms with Crippen molar-refractivity contribution in [3.8, 4) is 0 Å². The Morgan fingerprint density at radius 3 is 2.09 bits per heavy atom. The monoisotopic (exact) mass is 311 g/mol. The summed E-state index contributed by atoms with van der Waals surface area (Å²) in [6, 6.07) is 7.80. The minimum Gasteiger partial charge on any atom is -0.479 e. The number of nitrogens with two attached hydrogens (primary N) is 3. The minimum atomic E-state index is -2.16. The number of hydrogen-bond donors (Lipinski definition) is 4. The van der Waals surface area contributed by atoms with Crippen LogP contribution in [0.3, 0.4) is 0 Å². The Morgan fingerprint density at radius 1 is 1.27 bits per heavy atom. The summed E-state index contributed by atoms with van der Waals surface area (Å²) < 4.78 is 4.83. The molecule has 0 aliphatic heterocycles. The summed E-state index contributed by atoms with van der Waals surface area (Å²) in [6.07, 6.45) is 0. The van der Waals surface area contributed by atoms with Gasteiger partial charge >= 0.3 is 11.9 Å². The molecule has 0 aliphatic carbocycles. The maximum Gasteiger partial charge on any atom is 0.339 e. The van der Waals surface area contributed by atoms with E-state index in [-0.39, 0.29) is 0 Å². The van der Waals surface area contributed by atoms with Crippen LogP contribution in [-0.4, -0.2) is 34.7 Å². The highest BCUT2D eigenvalue weighted by atomic mass is 16.6. The number of aliphatic carboxylic acids is 1. The van der Waals surface area contributed by atoms with Crippen molar-refractivity contribution in [2.75, 3.05) is 12.3 Å². The van der Waals surface area contributed by atoms with Crippen LogP contribution < -0.4 is 17.2 Å². The largest absolute Gasteiger partial charge is 0.479 e. The molecule has 0 saturated heterocycles.